The first-order valence-corrected chi connectivity index (χ1v) is 16.8. The molecule has 6 bridgehead atoms. The van der Waals surface area contributed by atoms with E-state index in [0.717, 1.165) is 99.1 Å². The lowest BCUT2D eigenvalue weighted by Crippen LogP contribution is -2.46. The van der Waals surface area contributed by atoms with Crippen molar-refractivity contribution < 1.29 is 19.0 Å². The van der Waals surface area contributed by atoms with Crippen molar-refractivity contribution in [2.24, 2.45) is 5.92 Å². The van der Waals surface area contributed by atoms with Crippen molar-refractivity contribution >= 4 is 34.1 Å². The zero-order chi connectivity index (χ0) is 31.4. The summed E-state index contributed by atoms with van der Waals surface area (Å²) in [5.74, 6) is 1.30. The highest BCUT2D eigenvalue weighted by molar-refractivity contribution is 6.00. The number of hydrogen-bond acceptors (Lipinski definition) is 9. The number of nitrogens with one attached hydrogen (secondary N) is 2. The molecule has 0 radical (unpaired) electrons. The number of aryl methyl sites for hydroxylation is 1. The van der Waals surface area contributed by atoms with Crippen LogP contribution >= 0.6 is 0 Å². The van der Waals surface area contributed by atoms with Crippen LogP contribution in [0, 0.1) is 18.7 Å². The van der Waals surface area contributed by atoms with Gasteiger partial charge in [0.2, 0.25) is 0 Å². The van der Waals surface area contributed by atoms with Gasteiger partial charge in [0.05, 0.1) is 22.6 Å². The molecule has 4 fully saturated rings. The number of ether oxygens (including phenoxy) is 1. The van der Waals surface area contributed by atoms with Gasteiger partial charge >= 0.3 is 6.01 Å². The van der Waals surface area contributed by atoms with E-state index in [1.165, 1.54) is 18.4 Å². The Morgan fingerprint density at radius 1 is 1.13 bits per heavy atom. The number of hydrogen-bond donors (Lipinski definition) is 3. The first-order valence-electron chi connectivity index (χ1n) is 16.8. The van der Waals surface area contributed by atoms with Crippen LogP contribution in [0.5, 0.6) is 6.01 Å². The molecule has 1 aromatic carbocycles. The number of carbonyl (C=O) groups is 1. The Kier molecular flexibility index (Phi) is 7.51. The van der Waals surface area contributed by atoms with Crippen molar-refractivity contribution in [2.75, 3.05) is 44.2 Å². The zero-order valence-electron chi connectivity index (χ0n) is 26.3. The first kappa shape index (κ1) is 29.5. The highest BCUT2D eigenvalue weighted by atomic mass is 19.1. The van der Waals surface area contributed by atoms with Gasteiger partial charge in [0, 0.05) is 36.3 Å². The number of benzene rings is 1. The third kappa shape index (κ3) is 4.97. The molecule has 3 unspecified atom stereocenters. The normalized spacial score (nSPS) is 24.9. The summed E-state index contributed by atoms with van der Waals surface area (Å²) in [4.78, 5) is 27.9. The zero-order valence-corrected chi connectivity index (χ0v) is 26.3. The van der Waals surface area contributed by atoms with Crippen LogP contribution in [0.3, 0.4) is 0 Å². The molecule has 1 aliphatic carbocycles. The van der Waals surface area contributed by atoms with Gasteiger partial charge in [-0.05, 0) is 107 Å². The van der Waals surface area contributed by atoms with Gasteiger partial charge in [-0.3, -0.25) is 19.8 Å². The molecular weight excluding hydrogens is 587 g/mol. The van der Waals surface area contributed by atoms with Crippen molar-refractivity contribution in [3.05, 3.63) is 35.4 Å². The Balaban J connectivity index is 0.00000100. The van der Waals surface area contributed by atoms with E-state index < -0.39 is 5.82 Å². The van der Waals surface area contributed by atoms with E-state index in [1.54, 1.807) is 6.20 Å². The molecular formula is C34H41FN8O3. The molecule has 0 amide bonds. The van der Waals surface area contributed by atoms with E-state index in [4.69, 9.17) is 29.6 Å². The predicted molar refractivity (Wildman–Crippen MR) is 173 cm³/mol. The van der Waals surface area contributed by atoms with E-state index in [9.17, 15) is 0 Å². The summed E-state index contributed by atoms with van der Waals surface area (Å²) in [6, 6.07) is 2.79. The van der Waals surface area contributed by atoms with Crippen molar-refractivity contribution in [2.45, 2.75) is 75.8 Å². The number of rotatable bonds is 3. The second-order valence-corrected chi connectivity index (χ2v) is 13.8. The molecule has 46 heavy (non-hydrogen) atoms. The molecule has 10 rings (SSSR count). The fraction of sp³-hybridized carbons (Fsp3) is 0.559. The van der Waals surface area contributed by atoms with E-state index in [-0.39, 0.29) is 18.0 Å². The number of pyridine rings is 1. The molecule has 4 aromatic rings. The number of anilines is 1. The number of carboxylic acid groups (broad SMARTS) is 1. The Labute approximate surface area is 266 Å². The molecule has 3 saturated heterocycles. The maximum absolute atomic E-state index is 17.1. The van der Waals surface area contributed by atoms with Gasteiger partial charge in [0.15, 0.2) is 5.82 Å². The molecule has 242 valence electrons. The minimum atomic E-state index is -0.402. The molecule has 12 heteroatoms. The fourth-order valence-corrected chi connectivity index (χ4v) is 8.87. The fourth-order valence-electron chi connectivity index (χ4n) is 8.87. The van der Waals surface area contributed by atoms with Crippen LogP contribution in [-0.2, 0) is 4.79 Å². The third-order valence-corrected chi connectivity index (χ3v) is 11.1. The molecule has 3 N–H and O–H groups in total. The molecule has 5 aliphatic heterocycles. The van der Waals surface area contributed by atoms with Crippen LogP contribution in [0.1, 0.15) is 68.4 Å². The summed E-state index contributed by atoms with van der Waals surface area (Å²) in [6.45, 7) is 7.37. The quantitative estimate of drug-likeness (QED) is 0.272. The topological polar surface area (TPSA) is 132 Å². The van der Waals surface area contributed by atoms with Gasteiger partial charge in [0.25, 0.3) is 6.47 Å². The summed E-state index contributed by atoms with van der Waals surface area (Å²) in [5.41, 5.74) is 4.81. The van der Waals surface area contributed by atoms with E-state index in [0.29, 0.717) is 41.1 Å². The van der Waals surface area contributed by atoms with Gasteiger partial charge in [-0.15, -0.1) is 0 Å². The van der Waals surface area contributed by atoms with E-state index in [1.807, 2.05) is 6.20 Å². The number of nitrogens with zero attached hydrogens (tertiary/aromatic N) is 6. The maximum Gasteiger partial charge on any atom is 0.319 e. The number of aromatic nitrogens is 5. The highest BCUT2D eigenvalue weighted by Gasteiger charge is 2.45. The largest absolute Gasteiger partial charge is 0.483 e. The summed E-state index contributed by atoms with van der Waals surface area (Å²) in [6.07, 6.45) is 12.7. The number of aromatic amines is 1. The molecule has 6 aliphatic rings. The number of piperidine rings is 1. The standard InChI is InChI=1S/C33H39FN8O.CH2O2/c1-19-13-25-23(16-37-40-25)27-26(19)22-14-20(22)6-9-35-21-5-2-10-41(17-21)31-24-15-36-30(27)28(34)29(24)38-32(39-31)43-18-33-7-3-11-42(33)12-4-8-33;2-1-3/h13,15-16,20-22,35H,2-12,14,17-18H2,1H3,(H,37,40);1H,(H,2,3). The van der Waals surface area contributed by atoms with Gasteiger partial charge in [0.1, 0.15) is 23.6 Å². The van der Waals surface area contributed by atoms with Gasteiger partial charge < -0.3 is 20.1 Å². The summed E-state index contributed by atoms with van der Waals surface area (Å²) in [7, 11) is 0. The van der Waals surface area contributed by atoms with Crippen LogP contribution in [0.4, 0.5) is 10.2 Å². The Bertz CT molecular complexity index is 1790. The third-order valence-electron chi connectivity index (χ3n) is 11.1. The smallest absolute Gasteiger partial charge is 0.319 e. The summed E-state index contributed by atoms with van der Waals surface area (Å²) < 4.78 is 23.5. The van der Waals surface area contributed by atoms with Crippen LogP contribution in [0.15, 0.2) is 18.5 Å². The molecule has 1 saturated carbocycles. The Hall–Kier alpha value is -3.90. The number of fused-ring (bicyclic) bond motifs is 5. The SMILES string of the molecule is Cc1cc2[nH]ncc2c2c1C1CC1CCNC1CCCN(C1)c1nc(OCC34CCCN3CCC4)nc3c(F)c-2ncc13.O=CO. The van der Waals surface area contributed by atoms with Crippen molar-refractivity contribution in [3.63, 3.8) is 0 Å². The Morgan fingerprint density at radius 3 is 2.78 bits per heavy atom. The average molecular weight is 629 g/mol. The van der Waals surface area contributed by atoms with Crippen molar-refractivity contribution in [1.82, 2.24) is 35.4 Å². The highest BCUT2D eigenvalue weighted by Crippen LogP contribution is 2.54. The summed E-state index contributed by atoms with van der Waals surface area (Å²) in [5, 5.41) is 19.8. The number of H-pyrrole nitrogens is 1. The van der Waals surface area contributed by atoms with E-state index >= 15 is 4.39 Å². The number of halogens is 1. The molecule has 3 aromatic heterocycles. The monoisotopic (exact) mass is 628 g/mol. The maximum atomic E-state index is 17.1. The van der Waals surface area contributed by atoms with E-state index in [2.05, 4.69) is 38.3 Å². The second-order valence-electron chi connectivity index (χ2n) is 13.8. The lowest BCUT2D eigenvalue weighted by molar-refractivity contribution is -0.122. The molecule has 0 spiro atoms. The first-order chi connectivity index (χ1) is 22.5. The van der Waals surface area contributed by atoms with Gasteiger partial charge in [-0.2, -0.15) is 15.1 Å². The van der Waals surface area contributed by atoms with Crippen LogP contribution in [0.25, 0.3) is 33.1 Å². The molecule has 8 heterocycles. The van der Waals surface area contributed by atoms with Crippen molar-refractivity contribution in [1.29, 1.82) is 0 Å². The Morgan fingerprint density at radius 2 is 1.96 bits per heavy atom. The minimum Gasteiger partial charge on any atom is -0.483 e. The predicted octanol–water partition coefficient (Wildman–Crippen LogP) is 4.79. The van der Waals surface area contributed by atoms with Crippen LogP contribution < -0.4 is 15.0 Å². The van der Waals surface area contributed by atoms with Crippen LogP contribution in [0.2, 0.25) is 0 Å². The minimum absolute atomic E-state index is 0.0555. The molecule has 11 nitrogen and oxygen atoms in total. The van der Waals surface area contributed by atoms with Crippen LogP contribution in [-0.4, -0.2) is 92.5 Å². The summed E-state index contributed by atoms with van der Waals surface area (Å²) >= 11 is 0. The lowest BCUT2D eigenvalue weighted by Gasteiger charge is -2.35. The lowest BCUT2D eigenvalue weighted by atomic mass is 9.91. The molecule has 3 atom stereocenters. The second kappa shape index (κ2) is 11.7. The van der Waals surface area contributed by atoms with Gasteiger partial charge in [-0.25, -0.2) is 4.39 Å². The van der Waals surface area contributed by atoms with Gasteiger partial charge in [-0.1, -0.05) is 0 Å². The average Bonchev–Trinajstić information content (AvgIpc) is 3.32. The van der Waals surface area contributed by atoms with Crippen molar-refractivity contribution in [3.8, 4) is 17.3 Å².